The van der Waals surface area contributed by atoms with Crippen molar-refractivity contribution in [2.24, 2.45) is 0 Å². The maximum atomic E-state index is 13.7. The van der Waals surface area contributed by atoms with E-state index in [1.165, 1.54) is 11.9 Å². The van der Waals surface area contributed by atoms with Gasteiger partial charge in [0.15, 0.2) is 0 Å². The van der Waals surface area contributed by atoms with Crippen molar-refractivity contribution in [1.82, 2.24) is 19.9 Å². The second-order valence-corrected chi connectivity index (χ2v) is 6.12. The fourth-order valence-corrected chi connectivity index (χ4v) is 3.15. The topological polar surface area (TPSA) is 60.8 Å². The fraction of sp³-hybridized carbons (Fsp3) is 0.263. The lowest BCUT2D eigenvalue weighted by Crippen LogP contribution is -2.10. The lowest BCUT2D eigenvalue weighted by Gasteiger charge is -2.20. The minimum absolute atomic E-state index is 0.0888. The Bertz CT molecular complexity index is 934. The molecule has 4 rings (SSSR count). The monoisotopic (exact) mass is 354 g/mol. The number of hydrogen-bond acceptors (Lipinski definition) is 5. The Morgan fingerprint density at radius 2 is 1.81 bits per heavy atom. The average molecular weight is 354 g/mol. The van der Waals surface area contributed by atoms with Gasteiger partial charge in [0.25, 0.3) is 0 Å². The van der Waals surface area contributed by atoms with E-state index in [1.54, 1.807) is 18.5 Å². The van der Waals surface area contributed by atoms with Gasteiger partial charge in [0.05, 0.1) is 0 Å². The van der Waals surface area contributed by atoms with E-state index in [0.29, 0.717) is 5.88 Å². The molecule has 0 aromatic carbocycles. The highest BCUT2D eigenvalue weighted by atomic mass is 19.1. The summed E-state index contributed by atoms with van der Waals surface area (Å²) in [5, 5.41) is 0. The van der Waals surface area contributed by atoms with E-state index in [-0.39, 0.29) is 12.3 Å². The summed E-state index contributed by atoms with van der Waals surface area (Å²) in [6.45, 7) is -0.194. The first-order chi connectivity index (χ1) is 12.7. The minimum Gasteiger partial charge on any atom is -0.471 e. The second kappa shape index (κ2) is 7.11. The van der Waals surface area contributed by atoms with Crippen molar-refractivity contribution in [3.8, 4) is 17.0 Å². The van der Waals surface area contributed by atoms with E-state index in [1.807, 2.05) is 0 Å². The number of halogens is 2. The van der Waals surface area contributed by atoms with Crippen molar-refractivity contribution in [1.29, 1.82) is 0 Å². The molecular weight excluding hydrogens is 338 g/mol. The Kier molecular flexibility index (Phi) is 4.51. The van der Waals surface area contributed by atoms with Crippen molar-refractivity contribution in [2.45, 2.75) is 32.3 Å². The molecule has 0 radical (unpaired) electrons. The normalized spacial score (nSPS) is 13.3. The highest BCUT2D eigenvalue weighted by Crippen LogP contribution is 2.33. The van der Waals surface area contributed by atoms with Gasteiger partial charge in [-0.15, -0.1) is 0 Å². The molecule has 0 spiro atoms. The van der Waals surface area contributed by atoms with E-state index in [4.69, 9.17) is 4.74 Å². The largest absolute Gasteiger partial charge is 0.471 e. The van der Waals surface area contributed by atoms with Crippen molar-refractivity contribution in [2.75, 3.05) is 0 Å². The number of hydrogen-bond donors (Lipinski definition) is 0. The van der Waals surface area contributed by atoms with Gasteiger partial charge in [0, 0.05) is 29.7 Å². The van der Waals surface area contributed by atoms with Crippen LogP contribution in [0.5, 0.6) is 5.88 Å². The van der Waals surface area contributed by atoms with Crippen molar-refractivity contribution >= 4 is 0 Å². The number of rotatable bonds is 4. The number of ether oxygens (including phenoxy) is 1. The maximum absolute atomic E-state index is 13.7. The molecule has 1 aliphatic rings. The summed E-state index contributed by atoms with van der Waals surface area (Å²) in [7, 11) is 0. The van der Waals surface area contributed by atoms with Crippen molar-refractivity contribution in [3.05, 3.63) is 65.6 Å². The van der Waals surface area contributed by atoms with E-state index in [2.05, 4.69) is 19.9 Å². The Balaban J connectivity index is 1.67. The predicted molar refractivity (Wildman–Crippen MR) is 90.4 cm³/mol. The van der Waals surface area contributed by atoms with E-state index >= 15 is 0 Å². The summed E-state index contributed by atoms with van der Waals surface area (Å²) in [5.41, 5.74) is 3.91. The van der Waals surface area contributed by atoms with Crippen molar-refractivity contribution < 1.29 is 13.5 Å². The Labute approximate surface area is 149 Å². The molecule has 3 aromatic rings. The molecule has 0 N–H and O–H groups in total. The van der Waals surface area contributed by atoms with Crippen LogP contribution in [0, 0.1) is 11.8 Å². The summed E-state index contributed by atoms with van der Waals surface area (Å²) in [5.74, 6) is -0.999. The van der Waals surface area contributed by atoms with Crippen LogP contribution >= 0.6 is 0 Å². The van der Waals surface area contributed by atoms with Crippen LogP contribution in [0.25, 0.3) is 11.1 Å². The molecule has 26 heavy (non-hydrogen) atoms. The van der Waals surface area contributed by atoms with E-state index in [9.17, 15) is 8.78 Å². The SMILES string of the molecule is Fc1ccc(F)c(COc2cc(-c3cncnc3)c3c(n2)CCCC3)n1. The molecule has 0 saturated carbocycles. The highest BCUT2D eigenvalue weighted by Gasteiger charge is 2.19. The molecule has 0 fully saturated rings. The minimum atomic E-state index is -0.745. The molecule has 7 heteroatoms. The Morgan fingerprint density at radius 1 is 1.00 bits per heavy atom. The van der Waals surface area contributed by atoms with Gasteiger partial charge in [-0.2, -0.15) is 4.39 Å². The molecule has 0 unspecified atom stereocenters. The zero-order valence-corrected chi connectivity index (χ0v) is 14.0. The van der Waals surface area contributed by atoms with Crippen LogP contribution in [-0.4, -0.2) is 19.9 Å². The average Bonchev–Trinajstić information content (AvgIpc) is 2.68. The van der Waals surface area contributed by atoms with Crippen molar-refractivity contribution in [3.63, 3.8) is 0 Å². The molecule has 132 valence electrons. The standard InChI is InChI=1S/C19H16F2N4O/c20-15-5-6-18(21)24-17(15)10-26-19-7-14(12-8-22-11-23-9-12)13-3-1-2-4-16(13)25-19/h5-9,11H,1-4,10H2. The quantitative estimate of drug-likeness (QED) is 0.669. The number of aromatic nitrogens is 4. The third-order valence-corrected chi connectivity index (χ3v) is 4.39. The molecule has 3 aromatic heterocycles. The lowest BCUT2D eigenvalue weighted by molar-refractivity contribution is 0.279. The van der Waals surface area contributed by atoms with Crippen LogP contribution in [-0.2, 0) is 19.4 Å². The first-order valence-corrected chi connectivity index (χ1v) is 8.42. The predicted octanol–water partition coefficient (Wildman–Crippen LogP) is 3.67. The summed E-state index contributed by atoms with van der Waals surface area (Å²) >= 11 is 0. The van der Waals surface area contributed by atoms with Crippen LogP contribution in [0.2, 0.25) is 0 Å². The number of nitrogens with zero attached hydrogens (tertiary/aromatic N) is 4. The van der Waals surface area contributed by atoms with Crippen LogP contribution in [0.3, 0.4) is 0 Å². The summed E-state index contributed by atoms with van der Waals surface area (Å²) in [6, 6.07) is 3.82. The summed E-state index contributed by atoms with van der Waals surface area (Å²) in [4.78, 5) is 16.3. The molecule has 0 bridgehead atoms. The number of pyridine rings is 2. The van der Waals surface area contributed by atoms with Gasteiger partial charge in [-0.3, -0.25) is 0 Å². The maximum Gasteiger partial charge on any atom is 0.214 e. The zero-order valence-electron chi connectivity index (χ0n) is 14.0. The summed E-state index contributed by atoms with van der Waals surface area (Å²) < 4.78 is 32.6. The van der Waals surface area contributed by atoms with Crippen LogP contribution < -0.4 is 4.74 Å². The fourth-order valence-electron chi connectivity index (χ4n) is 3.15. The molecule has 0 atom stereocenters. The highest BCUT2D eigenvalue weighted by molar-refractivity contribution is 5.68. The molecule has 1 aliphatic carbocycles. The molecular formula is C19H16F2N4O. The molecule has 5 nitrogen and oxygen atoms in total. The van der Waals surface area contributed by atoms with E-state index in [0.717, 1.165) is 54.6 Å². The second-order valence-electron chi connectivity index (χ2n) is 6.12. The van der Waals surface area contributed by atoms with Crippen LogP contribution in [0.4, 0.5) is 8.78 Å². The lowest BCUT2D eigenvalue weighted by atomic mass is 9.90. The third-order valence-electron chi connectivity index (χ3n) is 4.39. The third kappa shape index (κ3) is 3.37. The molecule has 3 heterocycles. The first kappa shape index (κ1) is 16.5. The molecule has 0 amide bonds. The smallest absolute Gasteiger partial charge is 0.214 e. The first-order valence-electron chi connectivity index (χ1n) is 8.42. The Morgan fingerprint density at radius 3 is 2.65 bits per heavy atom. The number of aryl methyl sites for hydroxylation is 1. The van der Waals surface area contributed by atoms with Gasteiger partial charge in [0.1, 0.15) is 24.4 Å². The zero-order chi connectivity index (χ0) is 17.9. The van der Waals surface area contributed by atoms with Gasteiger partial charge < -0.3 is 4.74 Å². The van der Waals surface area contributed by atoms with Gasteiger partial charge in [-0.1, -0.05) is 0 Å². The Hall–Kier alpha value is -2.96. The summed E-state index contributed by atoms with van der Waals surface area (Å²) in [6.07, 6.45) is 8.94. The van der Waals surface area contributed by atoms with E-state index < -0.39 is 11.8 Å². The van der Waals surface area contributed by atoms with Gasteiger partial charge in [0.2, 0.25) is 11.8 Å². The van der Waals surface area contributed by atoms with Gasteiger partial charge >= 0.3 is 0 Å². The van der Waals surface area contributed by atoms with Crippen LogP contribution in [0.1, 0.15) is 29.8 Å². The van der Waals surface area contributed by atoms with Gasteiger partial charge in [-0.05, 0) is 48.9 Å². The number of fused-ring (bicyclic) bond motifs is 1. The van der Waals surface area contributed by atoms with Crippen LogP contribution in [0.15, 0.2) is 36.9 Å². The van der Waals surface area contributed by atoms with Gasteiger partial charge in [-0.25, -0.2) is 24.3 Å². The molecule has 0 aliphatic heterocycles. The molecule has 0 saturated heterocycles.